The molecule has 0 spiro atoms. The molecule has 36 heavy (non-hydrogen) atoms. The van der Waals surface area contributed by atoms with E-state index in [1.54, 1.807) is 5.57 Å². The lowest BCUT2D eigenvalue weighted by atomic mass is 9.60. The Morgan fingerprint density at radius 1 is 1.03 bits per heavy atom. The van der Waals surface area contributed by atoms with Crippen molar-refractivity contribution >= 4 is 0 Å². The maximum atomic E-state index is 10.4. The van der Waals surface area contributed by atoms with Gasteiger partial charge >= 0.3 is 0 Å². The molecule has 2 unspecified atom stereocenters. The first-order valence-electron chi connectivity index (χ1n) is 14.9. The summed E-state index contributed by atoms with van der Waals surface area (Å²) in [5.41, 5.74) is 2.93. The smallest absolute Gasteiger partial charge is 0.0789 e. The lowest BCUT2D eigenvalue weighted by Gasteiger charge is -2.45. The molecule has 3 saturated carbocycles. The van der Waals surface area contributed by atoms with Gasteiger partial charge in [0.15, 0.2) is 0 Å². The second-order valence-electron chi connectivity index (χ2n) is 14.3. The zero-order valence-corrected chi connectivity index (χ0v) is 24.3. The summed E-state index contributed by atoms with van der Waals surface area (Å²) in [6.07, 6.45) is 18.7. The Hall–Kier alpha value is -0.900. The van der Waals surface area contributed by atoms with Crippen LogP contribution in [0.4, 0.5) is 0 Å². The fraction of sp³-hybridized carbons (Fsp3) is 0.818. The number of fused-ring (bicyclic) bond motifs is 1. The van der Waals surface area contributed by atoms with E-state index in [2.05, 4.69) is 32.6 Å². The van der Waals surface area contributed by atoms with Crippen LogP contribution < -0.4 is 0 Å². The summed E-state index contributed by atoms with van der Waals surface area (Å²) < 4.78 is 0. The van der Waals surface area contributed by atoms with Gasteiger partial charge in [-0.15, -0.1) is 0 Å². The Morgan fingerprint density at radius 3 is 2.22 bits per heavy atom. The Balaban J connectivity index is 1.77. The van der Waals surface area contributed by atoms with E-state index in [4.69, 9.17) is 0 Å². The Bertz CT molecular complexity index is 788. The molecule has 206 valence electrons. The average molecular weight is 501 g/mol. The SMILES string of the molecule is C=C1/C(=C\C=C2/CCC[C@@]3(C)C2CCC3C(CCCC(C)(C)O)CCCC(C)(C)O)C[C@H](C)C[C@@H]1O. The van der Waals surface area contributed by atoms with Crippen LogP contribution in [0.2, 0.25) is 0 Å². The summed E-state index contributed by atoms with van der Waals surface area (Å²) in [4.78, 5) is 0. The van der Waals surface area contributed by atoms with E-state index in [-0.39, 0.29) is 6.10 Å². The van der Waals surface area contributed by atoms with Crippen LogP contribution in [-0.4, -0.2) is 32.6 Å². The average Bonchev–Trinajstić information content (AvgIpc) is 3.10. The molecule has 0 heterocycles. The van der Waals surface area contributed by atoms with Crippen molar-refractivity contribution in [3.8, 4) is 0 Å². The van der Waals surface area contributed by atoms with Gasteiger partial charge < -0.3 is 15.3 Å². The molecule has 5 atom stereocenters. The molecule has 3 heteroatoms. The molecule has 0 saturated heterocycles. The lowest BCUT2D eigenvalue weighted by Crippen LogP contribution is -2.37. The Labute approximate surface area is 222 Å². The molecule has 3 aliphatic rings. The van der Waals surface area contributed by atoms with Crippen molar-refractivity contribution in [3.05, 3.63) is 35.5 Å². The van der Waals surface area contributed by atoms with Gasteiger partial charge in [-0.3, -0.25) is 0 Å². The largest absolute Gasteiger partial charge is 0.390 e. The maximum absolute atomic E-state index is 10.4. The molecular formula is C33H56O3. The van der Waals surface area contributed by atoms with Crippen LogP contribution in [0.5, 0.6) is 0 Å². The summed E-state index contributed by atoms with van der Waals surface area (Å²) in [7, 11) is 0. The highest BCUT2D eigenvalue weighted by Crippen LogP contribution is 2.60. The molecular weight excluding hydrogens is 444 g/mol. The van der Waals surface area contributed by atoms with Crippen LogP contribution in [-0.2, 0) is 0 Å². The van der Waals surface area contributed by atoms with E-state index in [1.807, 2.05) is 27.7 Å². The maximum Gasteiger partial charge on any atom is 0.0789 e. The first-order chi connectivity index (χ1) is 16.7. The van der Waals surface area contributed by atoms with E-state index in [0.717, 1.165) is 44.1 Å². The van der Waals surface area contributed by atoms with Crippen molar-refractivity contribution in [1.82, 2.24) is 0 Å². The van der Waals surface area contributed by atoms with Gasteiger partial charge in [0, 0.05) is 0 Å². The van der Waals surface area contributed by atoms with E-state index in [1.165, 1.54) is 50.5 Å². The third-order valence-electron chi connectivity index (χ3n) is 9.84. The van der Waals surface area contributed by atoms with Gasteiger partial charge in [0.1, 0.15) is 0 Å². The zero-order chi connectivity index (χ0) is 26.7. The molecule has 0 aliphatic heterocycles. The molecule has 0 radical (unpaired) electrons. The van der Waals surface area contributed by atoms with E-state index in [9.17, 15) is 15.3 Å². The minimum Gasteiger partial charge on any atom is -0.390 e. The first-order valence-corrected chi connectivity index (χ1v) is 14.9. The normalized spacial score (nSPS) is 34.1. The van der Waals surface area contributed by atoms with Crippen molar-refractivity contribution in [1.29, 1.82) is 0 Å². The standard InChI is InChI=1S/C33H56O3/c1-23-21-27(24(2)30(34)22-23)15-14-26-13-10-20-33(7)28(16-17-29(26)33)25(11-8-18-31(3,4)35)12-9-19-32(5,6)36/h14-15,23,25,28-30,34-36H,2,8-13,16-22H2,1,3-7H3/b26-14+,27-15-/t23-,28?,29?,30-,33+/m0/s1. The number of aliphatic hydroxyl groups is 3. The van der Waals surface area contributed by atoms with Crippen molar-refractivity contribution in [2.75, 3.05) is 0 Å². The van der Waals surface area contributed by atoms with E-state index in [0.29, 0.717) is 29.1 Å². The molecule has 3 fully saturated rings. The molecule has 0 aromatic carbocycles. The molecule has 0 aromatic rings. The van der Waals surface area contributed by atoms with Crippen molar-refractivity contribution in [3.63, 3.8) is 0 Å². The summed E-state index contributed by atoms with van der Waals surface area (Å²) in [5.74, 6) is 2.54. The minimum atomic E-state index is -0.595. The number of aliphatic hydroxyl groups excluding tert-OH is 1. The van der Waals surface area contributed by atoms with E-state index < -0.39 is 11.2 Å². The molecule has 0 bridgehead atoms. The third-order valence-corrected chi connectivity index (χ3v) is 9.84. The van der Waals surface area contributed by atoms with Crippen LogP contribution in [0.1, 0.15) is 125 Å². The second kappa shape index (κ2) is 11.9. The fourth-order valence-electron chi connectivity index (χ4n) is 7.90. The van der Waals surface area contributed by atoms with Crippen molar-refractivity contribution in [2.24, 2.45) is 29.1 Å². The van der Waals surface area contributed by atoms with Gasteiger partial charge in [-0.25, -0.2) is 0 Å². The monoisotopic (exact) mass is 500 g/mol. The van der Waals surface area contributed by atoms with Crippen molar-refractivity contribution in [2.45, 2.75) is 142 Å². The van der Waals surface area contributed by atoms with Crippen molar-refractivity contribution < 1.29 is 15.3 Å². The summed E-state index contributed by atoms with van der Waals surface area (Å²) >= 11 is 0. The second-order valence-corrected chi connectivity index (χ2v) is 14.3. The van der Waals surface area contributed by atoms with Gasteiger partial charge in [-0.2, -0.15) is 0 Å². The molecule has 3 nitrogen and oxygen atoms in total. The van der Waals surface area contributed by atoms with Gasteiger partial charge in [0.25, 0.3) is 0 Å². The Morgan fingerprint density at radius 2 is 1.64 bits per heavy atom. The van der Waals surface area contributed by atoms with Crippen LogP contribution in [0.15, 0.2) is 35.5 Å². The molecule has 0 amide bonds. The van der Waals surface area contributed by atoms with E-state index >= 15 is 0 Å². The number of rotatable bonds is 10. The highest BCUT2D eigenvalue weighted by atomic mass is 16.3. The summed E-state index contributed by atoms with van der Waals surface area (Å²) in [5, 5.41) is 31.0. The van der Waals surface area contributed by atoms with Crippen LogP contribution in [0, 0.1) is 29.1 Å². The Kier molecular flexibility index (Phi) is 9.78. The highest BCUT2D eigenvalue weighted by Gasteiger charge is 2.51. The highest BCUT2D eigenvalue weighted by molar-refractivity contribution is 5.38. The third kappa shape index (κ3) is 7.81. The first kappa shape index (κ1) is 29.7. The number of hydrogen-bond acceptors (Lipinski definition) is 3. The van der Waals surface area contributed by atoms with Crippen LogP contribution in [0.3, 0.4) is 0 Å². The fourth-order valence-corrected chi connectivity index (χ4v) is 7.90. The minimum absolute atomic E-state index is 0.340. The zero-order valence-electron chi connectivity index (χ0n) is 24.3. The number of hydrogen-bond donors (Lipinski definition) is 3. The molecule has 3 N–H and O–H groups in total. The molecule has 3 aliphatic carbocycles. The van der Waals surface area contributed by atoms with Crippen LogP contribution >= 0.6 is 0 Å². The molecule has 3 rings (SSSR count). The quantitative estimate of drug-likeness (QED) is 0.286. The molecule has 0 aromatic heterocycles. The van der Waals surface area contributed by atoms with Gasteiger partial charge in [-0.05, 0) is 126 Å². The van der Waals surface area contributed by atoms with Gasteiger partial charge in [0.2, 0.25) is 0 Å². The predicted molar refractivity (Wildman–Crippen MR) is 152 cm³/mol. The summed E-state index contributed by atoms with van der Waals surface area (Å²) in [6, 6.07) is 0. The lowest BCUT2D eigenvalue weighted by molar-refractivity contribution is 0.0480. The topological polar surface area (TPSA) is 60.7 Å². The van der Waals surface area contributed by atoms with Crippen LogP contribution in [0.25, 0.3) is 0 Å². The van der Waals surface area contributed by atoms with Gasteiger partial charge in [-0.1, -0.05) is 63.8 Å². The number of allylic oxidation sites excluding steroid dienone is 3. The predicted octanol–water partition coefficient (Wildman–Crippen LogP) is 7.90. The summed E-state index contributed by atoms with van der Waals surface area (Å²) in [6.45, 7) is 16.7. The van der Waals surface area contributed by atoms with Gasteiger partial charge in [0.05, 0.1) is 17.3 Å².